The maximum atomic E-state index is 9.50. The van der Waals surface area contributed by atoms with Gasteiger partial charge in [0, 0.05) is 183 Å². The van der Waals surface area contributed by atoms with Gasteiger partial charge in [0.1, 0.15) is 284 Å². The number of rotatable bonds is 58. The minimum Gasteiger partial charge on any atom is -0.381 e. The maximum Gasteiger partial charge on any atom is 0.150 e. The molecule has 0 bridgehead atoms. The van der Waals surface area contributed by atoms with E-state index in [9.17, 15) is 15.3 Å². The Kier molecular flexibility index (Phi) is 69.7. The Bertz CT molecular complexity index is 2830. The van der Waals surface area contributed by atoms with Crippen LogP contribution >= 0.6 is 0 Å². The summed E-state index contributed by atoms with van der Waals surface area (Å²) in [5.74, 6) is 0. The standard InChI is InChI=1S/C26H52N6O8.C15H30N4O6.C14H30N4O6.C14H20N2O4.C11H23N3O5.C10H22N2O4/c1(9-29-15-33-23-34-16-29)5-27(6-2-10-30-17-35-24-36-18-30)13-14-28(7-3-11-31-19-37-25-38-20-31)8-4-12-32-21-39-26-40-22-32;1(4-17-7-20-13-21-8-17)16(2-5-18-9-22-14-23-10-18)3-6-19-11-24-15-25-12-19;19-7-15(3-5-17-9-21-13-22-10-17)1-2-16(8-20)4-6-18-11-23-14-24-12-18;1-2-14(6-16-9-19-12-20-10-16)4-3-13(1)5-15-7-17-11-18-8-15;15-5-12(1-3-13-6-16-10-17-7-13)2-4-14-8-18-11-19-9-14;1-2-14-6-5-11(7-13)3-4-12-8-15-10-16-9-12/h1-26H2;1-15H2;19-20H,1-14H2;1-4H,5-12H2;15H,1-11H2;13H,2-10H2,1H3. The van der Waals surface area contributed by atoms with Gasteiger partial charge in [-0.25, -0.2) is 0 Å². The molecule has 0 aliphatic carbocycles. The van der Waals surface area contributed by atoms with E-state index in [1.54, 1.807) is 0 Å². The second-order valence-electron chi connectivity index (χ2n) is 36.4. The molecule has 14 heterocycles. The molecule has 0 spiro atoms. The van der Waals surface area contributed by atoms with Crippen molar-refractivity contribution in [2.24, 2.45) is 0 Å². The fourth-order valence-electron chi connectivity index (χ4n) is 16.3. The second-order valence-corrected chi connectivity index (χ2v) is 36.4. The molecular weight excluding hydrogens is 1900 g/mol. The van der Waals surface area contributed by atoms with Gasteiger partial charge in [0.2, 0.25) is 0 Å². The molecule has 14 aliphatic heterocycles. The topological polar surface area (TPSA) is 417 Å². The highest BCUT2D eigenvalue weighted by Gasteiger charge is 2.26. The molecule has 1 aromatic carbocycles. The predicted octanol–water partition coefficient (Wildman–Crippen LogP) is -3.77. The van der Waals surface area contributed by atoms with E-state index in [0.717, 1.165) is 215 Å². The molecule has 14 fully saturated rings. The number of ether oxygens (including phenoxy) is 29. The van der Waals surface area contributed by atoms with Crippen LogP contribution < -0.4 is 0 Å². The van der Waals surface area contributed by atoms with Gasteiger partial charge in [0.15, 0.2) is 0 Å². The van der Waals surface area contributed by atoms with Gasteiger partial charge in [-0.1, -0.05) is 24.3 Å². The van der Waals surface area contributed by atoms with E-state index in [4.69, 9.17) is 142 Å². The molecule has 14 saturated heterocycles. The average molecular weight is 2080 g/mol. The summed E-state index contributed by atoms with van der Waals surface area (Å²) >= 11 is 0. The van der Waals surface area contributed by atoms with Crippen molar-refractivity contribution >= 4 is 0 Å². The normalized spacial score (nSPS) is 22.3. The van der Waals surface area contributed by atoms with Crippen LogP contribution in [0.1, 0.15) is 43.7 Å². The van der Waals surface area contributed by atoms with Gasteiger partial charge >= 0.3 is 0 Å². The number of hydrogen-bond acceptors (Lipinski definition) is 54. The number of benzene rings is 1. The smallest absolute Gasteiger partial charge is 0.150 e. The molecule has 14 aliphatic rings. The average Bonchev–Trinajstić information content (AvgIpc) is 0.871. The Hall–Kier alpha value is -2.94. The Morgan fingerprint density at radius 2 is 0.333 bits per heavy atom. The molecule has 15 rings (SSSR count). The Balaban J connectivity index is 0.000000182. The van der Waals surface area contributed by atoms with Crippen molar-refractivity contribution in [1.82, 2.24) is 103 Å². The van der Waals surface area contributed by atoms with Crippen molar-refractivity contribution in [3.05, 3.63) is 35.4 Å². The van der Waals surface area contributed by atoms with Crippen LogP contribution in [0, 0.1) is 0 Å². The van der Waals surface area contributed by atoms with Crippen LogP contribution in [0.25, 0.3) is 0 Å². The predicted molar refractivity (Wildman–Crippen MR) is 512 cm³/mol. The number of aliphatic hydroxyl groups is 4. The molecule has 0 radical (unpaired) electrons. The summed E-state index contributed by atoms with van der Waals surface area (Å²) in [5.41, 5.74) is 2.52. The van der Waals surface area contributed by atoms with Gasteiger partial charge in [-0.15, -0.1) is 0 Å². The molecule has 0 atom stereocenters. The molecule has 0 unspecified atom stereocenters. The molecule has 4 N–H and O–H groups in total. The van der Waals surface area contributed by atoms with Gasteiger partial charge in [-0.2, -0.15) is 0 Å². The SMILES string of the molecule is C(CN(CCCN1COCOC1)CCN(CCCN1COCOC1)CCCN1COCOC1)CN1COCOC1.C1OCN(CCN(CCN2COCOC2)CCN2COCOC2)CO1.CCOCCN(CO)CCN1COCOC1.OCN(CCN(CO)CCN1COCOC1)CCN1COCOC1.OCN(CCN1COCOC1)CCN1COCOC1.c1cc(CN2COCOC2)ccc1CN1COCOC1. The van der Waals surface area contributed by atoms with Crippen molar-refractivity contribution in [3.63, 3.8) is 0 Å². The number of nitrogens with zero attached hydrogens (tertiary/aromatic N) is 21. The minimum atomic E-state index is -0.0113. The lowest BCUT2D eigenvalue weighted by Crippen LogP contribution is -2.47. The third-order valence-corrected chi connectivity index (χ3v) is 24.5. The third-order valence-electron chi connectivity index (χ3n) is 24.5. The van der Waals surface area contributed by atoms with Gasteiger partial charge in [-0.05, 0) is 69.9 Å². The molecule has 144 heavy (non-hydrogen) atoms. The lowest BCUT2D eigenvalue weighted by molar-refractivity contribution is -0.188. The zero-order valence-corrected chi connectivity index (χ0v) is 86.0. The van der Waals surface area contributed by atoms with Gasteiger partial charge < -0.3 is 168 Å². The summed E-state index contributed by atoms with van der Waals surface area (Å²) in [4.78, 5) is 45.3. The fraction of sp³-hybridized carbons (Fsp3) is 0.933. The summed E-state index contributed by atoms with van der Waals surface area (Å²) in [6.07, 6.45) is 4.36. The van der Waals surface area contributed by atoms with Crippen molar-refractivity contribution in [1.29, 1.82) is 0 Å². The van der Waals surface area contributed by atoms with Crippen LogP contribution in [0.5, 0.6) is 0 Å². The molecule has 54 nitrogen and oxygen atoms in total. The van der Waals surface area contributed by atoms with Crippen molar-refractivity contribution in [3.8, 4) is 0 Å². The Morgan fingerprint density at radius 1 is 0.188 bits per heavy atom. The van der Waals surface area contributed by atoms with E-state index in [-0.39, 0.29) is 26.9 Å². The van der Waals surface area contributed by atoms with Crippen LogP contribution in [-0.4, -0.2) is 637 Å². The molecule has 1 aromatic rings. The van der Waals surface area contributed by atoms with Crippen LogP contribution in [0.2, 0.25) is 0 Å². The monoisotopic (exact) mass is 2080 g/mol. The highest BCUT2D eigenvalue weighted by Crippen LogP contribution is 2.17. The number of aliphatic hydroxyl groups excluding tert-OH is 4. The molecule has 840 valence electrons. The van der Waals surface area contributed by atoms with Crippen LogP contribution in [0.4, 0.5) is 0 Å². The summed E-state index contributed by atoms with van der Waals surface area (Å²) < 4.78 is 153. The van der Waals surface area contributed by atoms with Crippen LogP contribution in [0.3, 0.4) is 0 Å². The molecular formula is C90H177N21O33. The van der Waals surface area contributed by atoms with Crippen LogP contribution in [0.15, 0.2) is 24.3 Å². The first kappa shape index (κ1) is 123. The maximum absolute atomic E-state index is 9.50. The van der Waals surface area contributed by atoms with E-state index in [0.29, 0.717) is 310 Å². The van der Waals surface area contributed by atoms with E-state index in [2.05, 4.69) is 92.9 Å². The first-order chi connectivity index (χ1) is 71.2. The Labute approximate surface area is 851 Å². The zero-order valence-electron chi connectivity index (χ0n) is 86.0. The summed E-state index contributed by atoms with van der Waals surface area (Å²) in [5, 5.41) is 37.5. The van der Waals surface area contributed by atoms with Crippen molar-refractivity contribution < 1.29 is 158 Å². The lowest BCUT2D eigenvalue weighted by atomic mass is 10.1. The summed E-state index contributed by atoms with van der Waals surface area (Å²) in [6, 6.07) is 8.59. The third kappa shape index (κ3) is 57.8. The van der Waals surface area contributed by atoms with Gasteiger partial charge in [0.05, 0.1) is 33.5 Å². The number of hydrogen-bond donors (Lipinski definition) is 4. The quantitative estimate of drug-likeness (QED) is 0.0359. The zero-order chi connectivity index (χ0) is 100. The summed E-state index contributed by atoms with van der Waals surface area (Å²) in [7, 11) is 0. The largest absolute Gasteiger partial charge is 0.381 e. The highest BCUT2D eigenvalue weighted by atomic mass is 16.7. The fourth-order valence-corrected chi connectivity index (χ4v) is 16.3. The molecule has 54 heteroatoms. The first-order valence-corrected chi connectivity index (χ1v) is 50.7. The van der Waals surface area contributed by atoms with E-state index < -0.39 is 0 Å². The Morgan fingerprint density at radius 3 is 0.514 bits per heavy atom. The van der Waals surface area contributed by atoms with Crippen molar-refractivity contribution in [2.45, 2.75) is 45.7 Å². The molecule has 0 saturated carbocycles. The highest BCUT2D eigenvalue weighted by molar-refractivity contribution is 5.22. The van der Waals surface area contributed by atoms with Gasteiger partial charge in [-0.3, -0.25) is 93.1 Å². The first-order valence-electron chi connectivity index (χ1n) is 50.7. The summed E-state index contributed by atoms with van der Waals surface area (Å²) in [6.45, 7) is 53.6. The molecule has 0 amide bonds. The lowest BCUT2D eigenvalue weighted by Gasteiger charge is -2.33. The van der Waals surface area contributed by atoms with Crippen molar-refractivity contribution in [2.75, 3.05) is 513 Å². The van der Waals surface area contributed by atoms with Gasteiger partial charge in [0.25, 0.3) is 0 Å². The van der Waals surface area contributed by atoms with E-state index >= 15 is 0 Å². The molecule has 0 aromatic heterocycles. The van der Waals surface area contributed by atoms with E-state index in [1.165, 1.54) is 11.1 Å². The van der Waals surface area contributed by atoms with Crippen LogP contribution in [-0.2, 0) is 150 Å². The second kappa shape index (κ2) is 81.7. The van der Waals surface area contributed by atoms with E-state index in [1.807, 2.05) is 41.2 Å². The minimum absolute atomic E-state index is 0.0113.